The zero-order valence-corrected chi connectivity index (χ0v) is 22.3. The van der Waals surface area contributed by atoms with Crippen LogP contribution in [0.1, 0.15) is 31.8 Å². The quantitative estimate of drug-likeness (QED) is 0.257. The Kier molecular flexibility index (Phi) is 7.91. The van der Waals surface area contributed by atoms with Gasteiger partial charge in [-0.25, -0.2) is 0 Å². The molecule has 8 heteroatoms. The number of carbonyl (C=O) groups is 2. The second-order valence-electron chi connectivity index (χ2n) is 8.23. The molecule has 0 spiro atoms. The standard InChI is InChI=1S/C28H20Cl4N2O2/c1-15-11-17(5-9-25(15)33-27(35)19-3-7-21(29)23(31)13-19)18-6-10-26(16(2)12-18)34-28(36)20-4-8-22(30)24(32)14-20/h3-14H,1-2H3,(H,33,35)(H,34,36). The molecule has 0 aliphatic carbocycles. The van der Waals surface area contributed by atoms with E-state index in [1.54, 1.807) is 24.3 Å². The molecule has 36 heavy (non-hydrogen) atoms. The number of nitrogens with one attached hydrogen (secondary N) is 2. The third-order valence-corrected chi connectivity index (χ3v) is 7.12. The van der Waals surface area contributed by atoms with Gasteiger partial charge >= 0.3 is 0 Å². The molecular formula is C28H20Cl4N2O2. The van der Waals surface area contributed by atoms with Crippen LogP contribution in [0.25, 0.3) is 11.1 Å². The first-order valence-corrected chi connectivity index (χ1v) is 12.4. The first-order valence-electron chi connectivity index (χ1n) is 10.9. The number of hydrogen-bond acceptors (Lipinski definition) is 2. The molecule has 4 aromatic rings. The number of rotatable bonds is 5. The van der Waals surface area contributed by atoms with Crippen LogP contribution in [0, 0.1) is 13.8 Å². The van der Waals surface area contributed by atoms with Crippen molar-refractivity contribution in [1.29, 1.82) is 0 Å². The highest BCUT2D eigenvalue weighted by molar-refractivity contribution is 6.42. The number of benzene rings is 4. The van der Waals surface area contributed by atoms with Gasteiger partial charge in [0.15, 0.2) is 0 Å². The van der Waals surface area contributed by atoms with Gasteiger partial charge in [0, 0.05) is 22.5 Å². The smallest absolute Gasteiger partial charge is 0.255 e. The van der Waals surface area contributed by atoms with Crippen molar-refractivity contribution in [2.24, 2.45) is 0 Å². The van der Waals surface area contributed by atoms with E-state index >= 15 is 0 Å². The zero-order valence-electron chi connectivity index (χ0n) is 19.3. The van der Waals surface area contributed by atoms with Gasteiger partial charge in [-0.05, 0) is 96.8 Å². The van der Waals surface area contributed by atoms with E-state index < -0.39 is 0 Å². The van der Waals surface area contributed by atoms with E-state index in [4.69, 9.17) is 46.4 Å². The van der Waals surface area contributed by atoms with E-state index in [1.165, 1.54) is 12.1 Å². The number of halogens is 4. The molecule has 0 radical (unpaired) electrons. The van der Waals surface area contributed by atoms with Gasteiger partial charge in [-0.15, -0.1) is 0 Å². The lowest BCUT2D eigenvalue weighted by molar-refractivity contribution is 0.101. The average Bonchev–Trinajstić information content (AvgIpc) is 2.84. The molecule has 0 unspecified atom stereocenters. The van der Waals surface area contributed by atoms with Crippen molar-refractivity contribution in [3.63, 3.8) is 0 Å². The van der Waals surface area contributed by atoms with E-state index in [9.17, 15) is 9.59 Å². The van der Waals surface area contributed by atoms with Crippen molar-refractivity contribution in [1.82, 2.24) is 0 Å². The number of anilines is 2. The fourth-order valence-electron chi connectivity index (χ4n) is 3.63. The van der Waals surface area contributed by atoms with Crippen LogP contribution in [0.4, 0.5) is 11.4 Å². The van der Waals surface area contributed by atoms with Crippen molar-refractivity contribution in [2.75, 3.05) is 10.6 Å². The van der Waals surface area contributed by atoms with Crippen molar-refractivity contribution in [3.05, 3.63) is 115 Å². The molecule has 2 N–H and O–H groups in total. The Morgan fingerprint density at radius 2 is 0.917 bits per heavy atom. The summed E-state index contributed by atoms with van der Waals surface area (Å²) in [6.07, 6.45) is 0. The number of aryl methyl sites for hydroxylation is 2. The Hall–Kier alpha value is -3.02. The van der Waals surface area contributed by atoms with E-state index in [1.807, 2.05) is 50.2 Å². The van der Waals surface area contributed by atoms with Crippen molar-refractivity contribution in [3.8, 4) is 11.1 Å². The molecule has 0 fully saturated rings. The van der Waals surface area contributed by atoms with Crippen LogP contribution in [-0.2, 0) is 0 Å². The monoisotopic (exact) mass is 556 g/mol. The predicted octanol–water partition coefficient (Wildman–Crippen LogP) is 9.09. The van der Waals surface area contributed by atoms with Crippen molar-refractivity contribution >= 4 is 69.6 Å². The maximum atomic E-state index is 12.6. The second kappa shape index (κ2) is 10.9. The SMILES string of the molecule is Cc1cc(-c2ccc(NC(=O)c3ccc(Cl)c(Cl)c3)c(C)c2)ccc1NC(=O)c1ccc(Cl)c(Cl)c1. The fourth-order valence-corrected chi connectivity index (χ4v) is 4.23. The molecule has 4 rings (SSSR count). The van der Waals surface area contributed by atoms with Crippen LogP contribution < -0.4 is 10.6 Å². The van der Waals surface area contributed by atoms with Crippen LogP contribution in [0.15, 0.2) is 72.8 Å². The van der Waals surface area contributed by atoms with Gasteiger partial charge in [0.1, 0.15) is 0 Å². The molecule has 0 aromatic heterocycles. The largest absolute Gasteiger partial charge is 0.322 e. The maximum Gasteiger partial charge on any atom is 0.255 e. The van der Waals surface area contributed by atoms with Gasteiger partial charge in [-0.1, -0.05) is 58.5 Å². The topological polar surface area (TPSA) is 58.2 Å². The van der Waals surface area contributed by atoms with Gasteiger partial charge in [-0.2, -0.15) is 0 Å². The van der Waals surface area contributed by atoms with Gasteiger partial charge in [-0.3, -0.25) is 9.59 Å². The number of hydrogen-bond donors (Lipinski definition) is 2. The van der Waals surface area contributed by atoms with E-state index in [-0.39, 0.29) is 11.8 Å². The molecule has 0 saturated carbocycles. The molecule has 4 nitrogen and oxygen atoms in total. The summed E-state index contributed by atoms with van der Waals surface area (Å²) in [5.74, 6) is -0.551. The highest BCUT2D eigenvalue weighted by Crippen LogP contribution is 2.30. The van der Waals surface area contributed by atoms with Gasteiger partial charge in [0.25, 0.3) is 11.8 Å². The minimum absolute atomic E-state index is 0.276. The molecule has 0 bridgehead atoms. The van der Waals surface area contributed by atoms with E-state index in [0.717, 1.165) is 22.3 Å². The number of amides is 2. The lowest BCUT2D eigenvalue weighted by Crippen LogP contribution is -2.13. The Bertz CT molecular complexity index is 1390. The summed E-state index contributed by atoms with van der Waals surface area (Å²) in [5, 5.41) is 7.25. The van der Waals surface area contributed by atoms with Crippen molar-refractivity contribution in [2.45, 2.75) is 13.8 Å². The number of carbonyl (C=O) groups excluding carboxylic acids is 2. The fraction of sp³-hybridized carbons (Fsp3) is 0.0714. The van der Waals surface area contributed by atoms with Gasteiger partial charge in [0.05, 0.1) is 20.1 Å². The molecule has 0 aliphatic heterocycles. The normalized spacial score (nSPS) is 10.7. The van der Waals surface area contributed by atoms with Gasteiger partial charge < -0.3 is 10.6 Å². The minimum Gasteiger partial charge on any atom is -0.322 e. The summed E-state index contributed by atoms with van der Waals surface area (Å²) in [6, 6.07) is 21.1. The molecule has 0 heterocycles. The molecular weight excluding hydrogens is 538 g/mol. The zero-order chi connectivity index (χ0) is 26.0. The van der Waals surface area contributed by atoms with Crippen LogP contribution in [0.5, 0.6) is 0 Å². The third kappa shape index (κ3) is 5.85. The summed E-state index contributed by atoms with van der Waals surface area (Å²) in [6.45, 7) is 3.85. The first-order chi connectivity index (χ1) is 17.1. The summed E-state index contributed by atoms with van der Waals surface area (Å²) in [4.78, 5) is 25.3. The summed E-state index contributed by atoms with van der Waals surface area (Å²) in [7, 11) is 0. The van der Waals surface area contributed by atoms with E-state index in [0.29, 0.717) is 42.6 Å². The van der Waals surface area contributed by atoms with Crippen LogP contribution in [0.2, 0.25) is 20.1 Å². The average molecular weight is 558 g/mol. The third-order valence-electron chi connectivity index (χ3n) is 5.65. The summed E-state index contributed by atoms with van der Waals surface area (Å²) < 4.78 is 0. The molecule has 182 valence electrons. The predicted molar refractivity (Wildman–Crippen MR) is 150 cm³/mol. The highest BCUT2D eigenvalue weighted by atomic mass is 35.5. The Labute approximate surface area is 229 Å². The highest BCUT2D eigenvalue weighted by Gasteiger charge is 2.13. The van der Waals surface area contributed by atoms with Crippen LogP contribution in [0.3, 0.4) is 0 Å². The Morgan fingerprint density at radius 1 is 0.528 bits per heavy atom. The Balaban J connectivity index is 1.49. The molecule has 0 aliphatic rings. The lowest BCUT2D eigenvalue weighted by atomic mass is 9.99. The lowest BCUT2D eigenvalue weighted by Gasteiger charge is -2.13. The first kappa shape index (κ1) is 26.1. The van der Waals surface area contributed by atoms with Gasteiger partial charge in [0.2, 0.25) is 0 Å². The maximum absolute atomic E-state index is 12.6. The van der Waals surface area contributed by atoms with Crippen LogP contribution >= 0.6 is 46.4 Å². The van der Waals surface area contributed by atoms with Crippen molar-refractivity contribution < 1.29 is 9.59 Å². The summed E-state index contributed by atoms with van der Waals surface area (Å²) in [5.41, 5.74) is 5.97. The molecule has 2 amide bonds. The molecule has 0 saturated heterocycles. The molecule has 0 atom stereocenters. The summed E-state index contributed by atoms with van der Waals surface area (Å²) >= 11 is 23.9. The van der Waals surface area contributed by atoms with E-state index in [2.05, 4.69) is 10.6 Å². The minimum atomic E-state index is -0.276. The van der Waals surface area contributed by atoms with Crippen LogP contribution in [-0.4, -0.2) is 11.8 Å². The molecule has 4 aromatic carbocycles. The Morgan fingerprint density at radius 3 is 1.25 bits per heavy atom. The second-order valence-corrected chi connectivity index (χ2v) is 9.85.